The molecule has 2 unspecified atom stereocenters. The molecule has 2 atom stereocenters. The second-order valence-corrected chi connectivity index (χ2v) is 8.86. The summed E-state index contributed by atoms with van der Waals surface area (Å²) in [5, 5.41) is 7.85. The number of nitrogens with zero attached hydrogens (tertiary/aromatic N) is 1. The number of rotatable bonds is 6. The summed E-state index contributed by atoms with van der Waals surface area (Å²) in [4.78, 5) is 17.5. The number of aromatic nitrogens is 1. The monoisotopic (exact) mass is 453 g/mol. The van der Waals surface area contributed by atoms with Crippen LogP contribution in [0.15, 0.2) is 60.7 Å². The van der Waals surface area contributed by atoms with Gasteiger partial charge < -0.3 is 10.6 Å². The van der Waals surface area contributed by atoms with E-state index in [-0.39, 0.29) is 17.9 Å². The van der Waals surface area contributed by atoms with Gasteiger partial charge in [0, 0.05) is 28.5 Å². The maximum absolute atomic E-state index is 13.0. The zero-order valence-corrected chi connectivity index (χ0v) is 18.9. The molecule has 0 saturated carbocycles. The summed E-state index contributed by atoms with van der Waals surface area (Å²) < 4.78 is 0. The van der Waals surface area contributed by atoms with E-state index in [9.17, 15) is 4.79 Å². The predicted molar refractivity (Wildman–Crippen MR) is 127 cm³/mol. The molecule has 0 bridgehead atoms. The van der Waals surface area contributed by atoms with Crippen LogP contribution in [-0.2, 0) is 12.8 Å². The average Bonchev–Trinajstić information content (AvgIpc) is 2.79. The van der Waals surface area contributed by atoms with Crippen LogP contribution in [0.4, 0.5) is 5.82 Å². The Morgan fingerprint density at radius 2 is 1.71 bits per heavy atom. The third-order valence-electron chi connectivity index (χ3n) is 5.76. The van der Waals surface area contributed by atoms with Crippen molar-refractivity contribution < 1.29 is 4.79 Å². The number of carbonyl (C=O) groups is 1. The van der Waals surface area contributed by atoms with E-state index >= 15 is 0 Å². The number of halogens is 2. The van der Waals surface area contributed by atoms with Gasteiger partial charge in [-0.25, -0.2) is 4.98 Å². The highest BCUT2D eigenvalue weighted by molar-refractivity contribution is 6.30. The fourth-order valence-corrected chi connectivity index (χ4v) is 4.26. The van der Waals surface area contributed by atoms with Crippen LogP contribution in [0.5, 0.6) is 0 Å². The predicted octanol–water partition coefficient (Wildman–Crippen LogP) is 5.89. The van der Waals surface area contributed by atoms with E-state index in [2.05, 4.69) is 15.6 Å². The Balaban J connectivity index is 1.54. The Labute approximate surface area is 193 Å². The number of benzene rings is 2. The second kappa shape index (κ2) is 9.71. The molecule has 2 heterocycles. The second-order valence-electron chi connectivity index (χ2n) is 7.99. The molecule has 1 amide bonds. The van der Waals surface area contributed by atoms with Crippen LogP contribution in [0.3, 0.4) is 0 Å². The van der Waals surface area contributed by atoms with E-state index < -0.39 is 0 Å². The van der Waals surface area contributed by atoms with Gasteiger partial charge in [-0.1, -0.05) is 53.5 Å². The molecule has 2 N–H and O–H groups in total. The first-order valence-electron chi connectivity index (χ1n) is 10.5. The van der Waals surface area contributed by atoms with Gasteiger partial charge in [0.05, 0.1) is 0 Å². The molecule has 2 aromatic carbocycles. The Morgan fingerprint density at radius 1 is 1.03 bits per heavy atom. The van der Waals surface area contributed by atoms with E-state index in [1.807, 2.05) is 67.6 Å². The molecule has 3 aromatic rings. The van der Waals surface area contributed by atoms with Crippen LogP contribution in [0, 0.1) is 0 Å². The number of fused-ring (bicyclic) bond motifs is 1. The number of anilines is 1. The Hall–Kier alpha value is -2.56. The van der Waals surface area contributed by atoms with Gasteiger partial charge in [-0.3, -0.25) is 4.79 Å². The summed E-state index contributed by atoms with van der Waals surface area (Å²) in [6, 6.07) is 19.3. The third-order valence-corrected chi connectivity index (χ3v) is 6.26. The van der Waals surface area contributed by atoms with Gasteiger partial charge in [0.2, 0.25) is 0 Å². The summed E-state index contributed by atoms with van der Waals surface area (Å²) >= 11 is 12.1. The van der Waals surface area contributed by atoms with Crippen molar-refractivity contribution in [3.8, 4) is 0 Å². The van der Waals surface area contributed by atoms with Gasteiger partial charge in [0.1, 0.15) is 11.5 Å². The van der Waals surface area contributed by atoms with Crippen LogP contribution >= 0.6 is 23.2 Å². The molecule has 1 aromatic heterocycles. The highest BCUT2D eigenvalue weighted by Crippen LogP contribution is 2.27. The average molecular weight is 454 g/mol. The maximum atomic E-state index is 13.0. The van der Waals surface area contributed by atoms with Crippen molar-refractivity contribution in [1.82, 2.24) is 10.3 Å². The van der Waals surface area contributed by atoms with E-state index in [1.165, 1.54) is 0 Å². The van der Waals surface area contributed by atoms with Gasteiger partial charge in [-0.15, -0.1) is 0 Å². The van der Waals surface area contributed by atoms with Crippen LogP contribution < -0.4 is 10.6 Å². The minimum absolute atomic E-state index is 0.0677. The molecular weight excluding hydrogens is 429 g/mol. The number of hydrogen-bond acceptors (Lipinski definition) is 3. The van der Waals surface area contributed by atoms with Crippen molar-refractivity contribution in [1.29, 1.82) is 0 Å². The molecular formula is C25H25Cl2N3O. The Morgan fingerprint density at radius 3 is 2.42 bits per heavy atom. The van der Waals surface area contributed by atoms with Gasteiger partial charge in [0.25, 0.3) is 5.91 Å². The number of carbonyl (C=O) groups excluding carboxylic acids is 1. The molecule has 4 nitrogen and oxygen atoms in total. The first kappa shape index (κ1) is 21.7. The number of hydrogen-bond donors (Lipinski definition) is 2. The zero-order valence-electron chi connectivity index (χ0n) is 17.4. The fourth-order valence-electron chi connectivity index (χ4n) is 4.00. The quantitative estimate of drug-likeness (QED) is 0.488. The minimum atomic E-state index is -0.169. The summed E-state index contributed by atoms with van der Waals surface area (Å²) in [5.74, 6) is 0.720. The summed E-state index contributed by atoms with van der Waals surface area (Å²) in [7, 11) is 0. The first-order chi connectivity index (χ1) is 15.0. The number of amides is 1. The fraction of sp³-hybridized carbons (Fsp3) is 0.280. The molecule has 0 spiro atoms. The van der Waals surface area contributed by atoms with E-state index in [1.54, 1.807) is 0 Å². The van der Waals surface area contributed by atoms with Crippen molar-refractivity contribution in [2.45, 2.75) is 38.1 Å². The van der Waals surface area contributed by atoms with E-state index in [0.29, 0.717) is 15.7 Å². The van der Waals surface area contributed by atoms with Gasteiger partial charge in [-0.05, 0) is 73.2 Å². The van der Waals surface area contributed by atoms with Gasteiger partial charge in [0.15, 0.2) is 0 Å². The van der Waals surface area contributed by atoms with Gasteiger partial charge in [-0.2, -0.15) is 0 Å². The molecule has 0 fully saturated rings. The lowest BCUT2D eigenvalue weighted by Gasteiger charge is -2.26. The molecule has 31 heavy (non-hydrogen) atoms. The number of nitrogens with one attached hydrogen (secondary N) is 2. The number of aryl methyl sites for hydroxylation is 1. The Bertz CT molecular complexity index is 1050. The molecule has 0 aliphatic carbocycles. The molecule has 1 aliphatic rings. The molecule has 160 valence electrons. The first-order valence-corrected chi connectivity index (χ1v) is 11.3. The normalized spacial score (nSPS) is 14.8. The molecule has 0 saturated heterocycles. The topological polar surface area (TPSA) is 54.0 Å². The van der Waals surface area contributed by atoms with E-state index in [0.717, 1.165) is 48.3 Å². The third kappa shape index (κ3) is 5.38. The summed E-state index contributed by atoms with van der Waals surface area (Å²) in [6.45, 7) is 2.92. The number of pyridine rings is 1. The van der Waals surface area contributed by atoms with Crippen molar-refractivity contribution in [2.24, 2.45) is 0 Å². The lowest BCUT2D eigenvalue weighted by molar-refractivity contribution is 0.0929. The molecule has 6 heteroatoms. The molecule has 4 rings (SSSR count). The summed E-state index contributed by atoms with van der Waals surface area (Å²) in [5.41, 5.74) is 3.87. The van der Waals surface area contributed by atoms with Crippen molar-refractivity contribution in [3.05, 3.63) is 93.1 Å². The largest absolute Gasteiger partial charge is 0.370 e. The van der Waals surface area contributed by atoms with E-state index in [4.69, 9.17) is 23.2 Å². The Kier molecular flexibility index (Phi) is 6.79. The van der Waals surface area contributed by atoms with Crippen LogP contribution in [0.25, 0.3) is 0 Å². The highest BCUT2D eigenvalue weighted by atomic mass is 35.5. The van der Waals surface area contributed by atoms with Crippen LogP contribution in [-0.4, -0.2) is 23.5 Å². The molecule has 1 aliphatic heterocycles. The molecule has 0 radical (unpaired) electrons. The summed E-state index contributed by atoms with van der Waals surface area (Å²) in [6.07, 6.45) is 2.84. The van der Waals surface area contributed by atoms with Crippen LogP contribution in [0.1, 0.15) is 46.4 Å². The standard InChI is InChI=1S/C25H25Cl2N3O/c1-16(29-25(31)23-13-8-19-3-2-14-28-24(19)30-23)22(18-6-11-21(27)12-7-18)15-17-4-9-20(26)10-5-17/h4-13,16,22H,2-3,14-15H2,1H3,(H,28,30)(H,29,31). The zero-order chi connectivity index (χ0) is 21.8. The maximum Gasteiger partial charge on any atom is 0.270 e. The minimum Gasteiger partial charge on any atom is -0.370 e. The van der Waals surface area contributed by atoms with Crippen molar-refractivity contribution in [2.75, 3.05) is 11.9 Å². The smallest absolute Gasteiger partial charge is 0.270 e. The van der Waals surface area contributed by atoms with Crippen molar-refractivity contribution in [3.63, 3.8) is 0 Å². The highest BCUT2D eigenvalue weighted by Gasteiger charge is 2.23. The van der Waals surface area contributed by atoms with Gasteiger partial charge >= 0.3 is 0 Å². The van der Waals surface area contributed by atoms with Crippen molar-refractivity contribution >= 4 is 34.9 Å². The lowest BCUT2D eigenvalue weighted by atomic mass is 9.86. The lowest BCUT2D eigenvalue weighted by Crippen LogP contribution is -2.38. The van der Waals surface area contributed by atoms with Crippen LogP contribution in [0.2, 0.25) is 10.0 Å². The SMILES string of the molecule is CC(NC(=O)c1ccc2c(n1)NCCC2)C(Cc1ccc(Cl)cc1)c1ccc(Cl)cc1.